The van der Waals surface area contributed by atoms with E-state index in [1.54, 1.807) is 0 Å². The van der Waals surface area contributed by atoms with Crippen LogP contribution in [0.1, 0.15) is 44.5 Å². The molecular formula is C58H37N. The number of hydrogen-bond acceptors (Lipinski definition) is 0. The Morgan fingerprint density at radius 1 is 0.305 bits per heavy atom. The van der Waals surface area contributed by atoms with E-state index in [9.17, 15) is 0 Å². The Morgan fingerprint density at radius 2 is 0.831 bits per heavy atom. The molecule has 0 fully saturated rings. The fourth-order valence-electron chi connectivity index (χ4n) is 11.5. The van der Waals surface area contributed by atoms with Crippen LogP contribution < -0.4 is 0 Å². The Kier molecular flexibility index (Phi) is 6.64. The van der Waals surface area contributed by atoms with Crippen molar-refractivity contribution in [2.24, 2.45) is 0 Å². The van der Waals surface area contributed by atoms with Gasteiger partial charge in [-0.05, 0) is 114 Å². The monoisotopic (exact) mass is 747 g/mol. The Balaban J connectivity index is 1.04. The molecule has 0 amide bonds. The highest BCUT2D eigenvalue weighted by atomic mass is 15.0. The van der Waals surface area contributed by atoms with Gasteiger partial charge in [-0.25, -0.2) is 0 Å². The molecule has 1 heteroatoms. The minimum absolute atomic E-state index is 0.445. The fourth-order valence-corrected chi connectivity index (χ4v) is 11.5. The van der Waals surface area contributed by atoms with Crippen LogP contribution in [-0.2, 0) is 10.8 Å². The first kappa shape index (κ1) is 32.6. The van der Waals surface area contributed by atoms with E-state index in [1.807, 2.05) is 0 Å². The molecule has 0 radical (unpaired) electrons. The lowest BCUT2D eigenvalue weighted by Crippen LogP contribution is -2.43. The number of nitrogens with zero attached hydrogens (tertiary/aromatic N) is 1. The van der Waals surface area contributed by atoms with Gasteiger partial charge in [-0.2, -0.15) is 0 Å². The summed E-state index contributed by atoms with van der Waals surface area (Å²) < 4.78 is 2.38. The Labute approximate surface area is 344 Å². The second-order valence-corrected chi connectivity index (χ2v) is 16.3. The van der Waals surface area contributed by atoms with Gasteiger partial charge in [0.05, 0.1) is 22.0 Å². The summed E-state index contributed by atoms with van der Waals surface area (Å²) in [5.41, 5.74) is 22.4. The molecule has 10 aromatic rings. The van der Waals surface area contributed by atoms with Crippen molar-refractivity contribution in [2.45, 2.75) is 10.8 Å². The summed E-state index contributed by atoms with van der Waals surface area (Å²) in [5, 5.41) is 1.23. The Morgan fingerprint density at radius 3 is 1.59 bits per heavy atom. The highest BCUT2D eigenvalue weighted by molar-refractivity contribution is 5.96. The molecule has 3 aliphatic carbocycles. The van der Waals surface area contributed by atoms with Crippen molar-refractivity contribution in [1.82, 2.24) is 4.57 Å². The molecule has 1 heterocycles. The highest BCUT2D eigenvalue weighted by Gasteiger charge is 2.59. The number of fused-ring (bicyclic) bond motifs is 13. The first-order valence-electron chi connectivity index (χ1n) is 20.7. The molecule has 0 aliphatic heterocycles. The van der Waals surface area contributed by atoms with E-state index in [4.69, 9.17) is 0 Å². The first-order chi connectivity index (χ1) is 29.3. The number of para-hydroxylation sites is 2. The lowest BCUT2D eigenvalue weighted by molar-refractivity contribution is 0.636. The second kappa shape index (κ2) is 12.0. The standard InChI is InChI=1S/C58H37N/c1-3-17-42(18-4-1)57-48-24-10-9-22-45(48)47-23-15-28-52(56(47)57)58(51-27-13-12-26-50(51)57)49-25-11-8-21-44(49)46-35-34-40(36-53(46)58)38-30-32-39(33-31-38)55-37-41-16-7-14-29-54(41)59(55)43-19-5-2-6-20-43/h1-37H. The topological polar surface area (TPSA) is 4.93 Å². The number of benzene rings is 9. The van der Waals surface area contributed by atoms with Crippen molar-refractivity contribution in [2.75, 3.05) is 0 Å². The van der Waals surface area contributed by atoms with Crippen LogP contribution in [0, 0.1) is 0 Å². The molecule has 0 saturated heterocycles. The van der Waals surface area contributed by atoms with E-state index in [1.165, 1.54) is 100 Å². The maximum absolute atomic E-state index is 2.51. The third kappa shape index (κ3) is 4.14. The van der Waals surface area contributed by atoms with Crippen LogP contribution in [0.15, 0.2) is 224 Å². The largest absolute Gasteiger partial charge is 0.309 e. The molecule has 59 heavy (non-hydrogen) atoms. The average Bonchev–Trinajstić information content (AvgIpc) is 3.95. The van der Waals surface area contributed by atoms with Gasteiger partial charge in [0.1, 0.15) is 0 Å². The number of aromatic nitrogens is 1. The fraction of sp³-hybridized carbons (Fsp3) is 0.0345. The summed E-state index contributed by atoms with van der Waals surface area (Å²) >= 11 is 0. The molecule has 0 saturated carbocycles. The molecule has 13 rings (SSSR count). The zero-order chi connectivity index (χ0) is 38.7. The summed E-state index contributed by atoms with van der Waals surface area (Å²) in [7, 11) is 0. The van der Waals surface area contributed by atoms with Gasteiger partial charge in [0, 0.05) is 11.1 Å². The van der Waals surface area contributed by atoms with E-state index >= 15 is 0 Å². The van der Waals surface area contributed by atoms with E-state index in [0.717, 1.165) is 5.69 Å². The molecule has 1 spiro atoms. The van der Waals surface area contributed by atoms with Gasteiger partial charge < -0.3 is 4.57 Å². The summed E-state index contributed by atoms with van der Waals surface area (Å²) in [6, 6.07) is 84.2. The summed E-state index contributed by atoms with van der Waals surface area (Å²) in [6.07, 6.45) is 0. The SMILES string of the molecule is c1ccc(-n2c(-c3ccc(-c4ccc5c(c4)C4(c6ccccc6-5)c5ccccc5C5(c6ccccc6)c6ccccc6-c6cccc4c65)cc3)cc3ccccc32)cc1. The maximum atomic E-state index is 2.51. The summed E-state index contributed by atoms with van der Waals surface area (Å²) in [6.45, 7) is 0. The molecule has 274 valence electrons. The summed E-state index contributed by atoms with van der Waals surface area (Å²) in [5.74, 6) is 0. The van der Waals surface area contributed by atoms with Gasteiger partial charge in [0.25, 0.3) is 0 Å². The maximum Gasteiger partial charge on any atom is 0.0720 e. The molecule has 0 N–H and O–H groups in total. The van der Waals surface area contributed by atoms with E-state index in [0.29, 0.717) is 0 Å². The molecule has 2 atom stereocenters. The van der Waals surface area contributed by atoms with Gasteiger partial charge in [-0.3, -0.25) is 0 Å². The van der Waals surface area contributed by atoms with E-state index in [2.05, 4.69) is 229 Å². The summed E-state index contributed by atoms with van der Waals surface area (Å²) in [4.78, 5) is 0. The molecule has 2 unspecified atom stereocenters. The van der Waals surface area contributed by atoms with Crippen molar-refractivity contribution >= 4 is 10.9 Å². The van der Waals surface area contributed by atoms with Crippen molar-refractivity contribution in [3.05, 3.63) is 269 Å². The van der Waals surface area contributed by atoms with Crippen LogP contribution >= 0.6 is 0 Å². The minimum atomic E-state index is -0.513. The van der Waals surface area contributed by atoms with Crippen molar-refractivity contribution in [3.8, 4) is 50.3 Å². The number of hydrogen-bond donors (Lipinski definition) is 0. The quantitative estimate of drug-likeness (QED) is 0.169. The zero-order valence-corrected chi connectivity index (χ0v) is 32.3. The lowest BCUT2D eigenvalue weighted by Gasteiger charge is -2.48. The van der Waals surface area contributed by atoms with Crippen molar-refractivity contribution in [3.63, 3.8) is 0 Å². The molecule has 9 aromatic carbocycles. The van der Waals surface area contributed by atoms with Crippen LogP contribution in [0.2, 0.25) is 0 Å². The predicted molar refractivity (Wildman–Crippen MR) is 242 cm³/mol. The molecule has 1 aromatic heterocycles. The smallest absolute Gasteiger partial charge is 0.0720 e. The van der Waals surface area contributed by atoms with E-state index < -0.39 is 10.8 Å². The Hall–Kier alpha value is -7.48. The molecule has 0 bridgehead atoms. The average molecular weight is 748 g/mol. The van der Waals surface area contributed by atoms with Gasteiger partial charge >= 0.3 is 0 Å². The highest BCUT2D eigenvalue weighted by Crippen LogP contribution is 2.68. The van der Waals surface area contributed by atoms with Gasteiger partial charge in [-0.15, -0.1) is 0 Å². The minimum Gasteiger partial charge on any atom is -0.309 e. The molecule has 1 nitrogen and oxygen atoms in total. The van der Waals surface area contributed by atoms with E-state index in [-0.39, 0.29) is 0 Å². The van der Waals surface area contributed by atoms with Crippen LogP contribution in [0.3, 0.4) is 0 Å². The van der Waals surface area contributed by atoms with Crippen molar-refractivity contribution in [1.29, 1.82) is 0 Å². The van der Waals surface area contributed by atoms with Gasteiger partial charge in [0.2, 0.25) is 0 Å². The van der Waals surface area contributed by atoms with Crippen LogP contribution in [0.4, 0.5) is 0 Å². The molecule has 3 aliphatic rings. The van der Waals surface area contributed by atoms with Crippen LogP contribution in [0.5, 0.6) is 0 Å². The third-order valence-corrected chi connectivity index (χ3v) is 13.7. The van der Waals surface area contributed by atoms with Crippen LogP contribution in [-0.4, -0.2) is 4.57 Å². The normalized spacial score (nSPS) is 17.6. The molecular weight excluding hydrogens is 711 g/mol. The zero-order valence-electron chi connectivity index (χ0n) is 32.3. The Bertz CT molecular complexity index is 3320. The predicted octanol–water partition coefficient (Wildman–Crippen LogP) is 14.0. The number of rotatable bonds is 4. The lowest BCUT2D eigenvalue weighted by atomic mass is 9.52. The first-order valence-corrected chi connectivity index (χ1v) is 20.7. The third-order valence-electron chi connectivity index (χ3n) is 13.7. The van der Waals surface area contributed by atoms with Crippen molar-refractivity contribution < 1.29 is 0 Å². The second-order valence-electron chi connectivity index (χ2n) is 16.3. The van der Waals surface area contributed by atoms with Crippen LogP contribution in [0.25, 0.3) is 61.2 Å². The van der Waals surface area contributed by atoms with Gasteiger partial charge in [-0.1, -0.05) is 194 Å². The van der Waals surface area contributed by atoms with Gasteiger partial charge in [0.15, 0.2) is 0 Å².